The standard InChI is InChI=1S/C60H120N4O6/c1-5-9-13-17-21-25-29-33-41-53(65)49-63(50-54(66)42-34-30-26-22-18-14-10-6-2)47-39-37-45-57-59(69)62-58(60(70)61-57)46-38-40-48-64(51-55(67)43-35-31-27-23-19-15-11-7-3)52-56(68)44-36-32-28-24-20-16-12-8-4/h53-58,65-68H,5-52H2,1-4H3,(H,61,70)(H,62,69)/t53-,54-,55-,56-,57+,58+/m0/s1. The van der Waals surface area contributed by atoms with Crippen molar-refractivity contribution < 1.29 is 30.0 Å². The number of unbranched alkanes of at least 4 members (excludes halogenated alkanes) is 30. The fourth-order valence-corrected chi connectivity index (χ4v) is 10.6. The first-order valence-electron chi connectivity index (χ1n) is 30.9. The quantitative estimate of drug-likeness (QED) is 0.0331. The van der Waals surface area contributed by atoms with Crippen molar-refractivity contribution in [1.82, 2.24) is 20.4 Å². The van der Waals surface area contributed by atoms with Crippen LogP contribution in [0.5, 0.6) is 0 Å². The highest BCUT2D eigenvalue weighted by Gasteiger charge is 2.33. The Hall–Kier alpha value is -1.30. The van der Waals surface area contributed by atoms with E-state index in [0.717, 1.165) is 116 Å². The van der Waals surface area contributed by atoms with Gasteiger partial charge < -0.3 is 31.1 Å². The SMILES string of the molecule is CCCCCCCCCC[C@H](O)CN(CCCC[C@H]1NC(=O)[C@@H](CCCCN(C[C@@H](O)CCCCCCCCCC)C[C@@H](O)CCCCCCCCCC)NC1=O)C[C@@H](O)CCCCCCCCCC. The predicted molar refractivity (Wildman–Crippen MR) is 297 cm³/mol. The number of aliphatic hydroxyl groups is 4. The fourth-order valence-electron chi connectivity index (χ4n) is 10.6. The second-order valence-corrected chi connectivity index (χ2v) is 22.3. The number of carbonyl (C=O) groups is 2. The van der Waals surface area contributed by atoms with Crippen molar-refractivity contribution in [3.63, 3.8) is 0 Å². The van der Waals surface area contributed by atoms with Crippen LogP contribution in [-0.2, 0) is 9.59 Å². The van der Waals surface area contributed by atoms with E-state index in [1.54, 1.807) is 0 Å². The molecule has 10 nitrogen and oxygen atoms in total. The molecule has 0 aromatic carbocycles. The molecule has 70 heavy (non-hydrogen) atoms. The number of nitrogens with one attached hydrogen (secondary N) is 2. The molecule has 416 valence electrons. The van der Waals surface area contributed by atoms with Crippen molar-refractivity contribution in [2.45, 2.75) is 334 Å². The largest absolute Gasteiger partial charge is 0.392 e. The van der Waals surface area contributed by atoms with Crippen molar-refractivity contribution in [2.75, 3.05) is 39.3 Å². The number of carbonyl (C=O) groups excluding carboxylic acids is 2. The Morgan fingerprint density at radius 2 is 0.543 bits per heavy atom. The van der Waals surface area contributed by atoms with Gasteiger partial charge in [-0.3, -0.25) is 19.4 Å². The van der Waals surface area contributed by atoms with Gasteiger partial charge in [-0.15, -0.1) is 0 Å². The second-order valence-electron chi connectivity index (χ2n) is 22.3. The summed E-state index contributed by atoms with van der Waals surface area (Å²) in [5.41, 5.74) is 0. The number of amides is 2. The molecule has 0 spiro atoms. The van der Waals surface area contributed by atoms with Gasteiger partial charge in [0, 0.05) is 26.2 Å². The topological polar surface area (TPSA) is 146 Å². The van der Waals surface area contributed by atoms with Crippen molar-refractivity contribution >= 4 is 11.8 Å². The first-order chi connectivity index (χ1) is 34.1. The van der Waals surface area contributed by atoms with E-state index in [0.29, 0.717) is 39.0 Å². The van der Waals surface area contributed by atoms with Gasteiger partial charge in [-0.2, -0.15) is 0 Å². The molecule has 10 heteroatoms. The average molecular weight is 994 g/mol. The molecule has 1 fully saturated rings. The van der Waals surface area contributed by atoms with Crippen LogP contribution in [0.25, 0.3) is 0 Å². The van der Waals surface area contributed by atoms with Gasteiger partial charge in [0.1, 0.15) is 12.1 Å². The van der Waals surface area contributed by atoms with Crippen LogP contribution in [0, 0.1) is 0 Å². The van der Waals surface area contributed by atoms with Gasteiger partial charge in [0.15, 0.2) is 0 Å². The molecule has 1 rings (SSSR count). The zero-order chi connectivity index (χ0) is 51.1. The van der Waals surface area contributed by atoms with E-state index in [1.807, 2.05) is 0 Å². The maximum Gasteiger partial charge on any atom is 0.243 e. The van der Waals surface area contributed by atoms with Gasteiger partial charge in [-0.05, 0) is 77.3 Å². The van der Waals surface area contributed by atoms with Crippen molar-refractivity contribution in [1.29, 1.82) is 0 Å². The van der Waals surface area contributed by atoms with E-state index in [-0.39, 0.29) is 11.8 Å². The minimum absolute atomic E-state index is 0.113. The number of aliphatic hydroxyl groups excluding tert-OH is 4. The lowest BCUT2D eigenvalue weighted by Gasteiger charge is -2.31. The van der Waals surface area contributed by atoms with Gasteiger partial charge in [0.2, 0.25) is 11.8 Å². The fraction of sp³-hybridized carbons (Fsp3) is 0.967. The summed E-state index contributed by atoms with van der Waals surface area (Å²) < 4.78 is 0. The van der Waals surface area contributed by atoms with Crippen LogP contribution in [0.2, 0.25) is 0 Å². The van der Waals surface area contributed by atoms with Crippen LogP contribution in [-0.4, -0.2) is 118 Å². The monoisotopic (exact) mass is 993 g/mol. The molecule has 6 N–H and O–H groups in total. The second kappa shape index (κ2) is 48.6. The first kappa shape index (κ1) is 66.7. The lowest BCUT2D eigenvalue weighted by atomic mass is 10.0. The number of hydrogen-bond donors (Lipinski definition) is 6. The van der Waals surface area contributed by atoms with E-state index in [4.69, 9.17) is 0 Å². The summed E-state index contributed by atoms with van der Waals surface area (Å²) in [5.74, 6) is -0.226. The summed E-state index contributed by atoms with van der Waals surface area (Å²) >= 11 is 0. The number of piperazine rings is 1. The maximum atomic E-state index is 13.3. The lowest BCUT2D eigenvalue weighted by Crippen LogP contribution is -2.61. The van der Waals surface area contributed by atoms with Gasteiger partial charge >= 0.3 is 0 Å². The van der Waals surface area contributed by atoms with Crippen molar-refractivity contribution in [3.8, 4) is 0 Å². The molecule has 0 unspecified atom stereocenters. The van der Waals surface area contributed by atoms with Crippen LogP contribution in [0.1, 0.15) is 297 Å². The van der Waals surface area contributed by atoms with Crippen LogP contribution >= 0.6 is 0 Å². The Balaban J connectivity index is 2.60. The minimum Gasteiger partial charge on any atom is -0.392 e. The highest BCUT2D eigenvalue weighted by atomic mass is 16.3. The smallest absolute Gasteiger partial charge is 0.243 e. The summed E-state index contributed by atoms with van der Waals surface area (Å²) in [7, 11) is 0. The van der Waals surface area contributed by atoms with E-state index in [9.17, 15) is 30.0 Å². The summed E-state index contributed by atoms with van der Waals surface area (Å²) in [6.07, 6.45) is 45.6. The van der Waals surface area contributed by atoms with Gasteiger partial charge in [-0.1, -0.05) is 233 Å². The molecule has 1 saturated heterocycles. The average Bonchev–Trinajstić information content (AvgIpc) is 3.33. The van der Waals surface area contributed by atoms with E-state index in [2.05, 4.69) is 48.1 Å². The highest BCUT2D eigenvalue weighted by Crippen LogP contribution is 2.18. The van der Waals surface area contributed by atoms with Crippen LogP contribution < -0.4 is 10.6 Å². The first-order valence-corrected chi connectivity index (χ1v) is 30.9. The molecule has 1 aliphatic rings. The van der Waals surface area contributed by atoms with Crippen LogP contribution in [0.15, 0.2) is 0 Å². The molecule has 1 heterocycles. The number of rotatable bonds is 54. The third-order valence-corrected chi connectivity index (χ3v) is 15.1. The summed E-state index contributed by atoms with van der Waals surface area (Å²) in [6.45, 7) is 12.7. The van der Waals surface area contributed by atoms with E-state index in [1.165, 1.54) is 154 Å². The zero-order valence-corrected chi connectivity index (χ0v) is 46.9. The third-order valence-electron chi connectivity index (χ3n) is 15.1. The Bertz CT molecular complexity index is 1010. The predicted octanol–water partition coefficient (Wildman–Crippen LogP) is 13.5. The summed E-state index contributed by atoms with van der Waals surface area (Å²) in [5, 5.41) is 50.3. The summed E-state index contributed by atoms with van der Waals surface area (Å²) in [4.78, 5) is 31.0. The molecule has 1 aliphatic heterocycles. The van der Waals surface area contributed by atoms with Gasteiger partial charge in [0.25, 0.3) is 0 Å². The Morgan fingerprint density at radius 3 is 0.771 bits per heavy atom. The molecule has 0 aliphatic carbocycles. The molecule has 6 atom stereocenters. The maximum absolute atomic E-state index is 13.3. The Labute approximate surface area is 433 Å². The molecule has 2 amide bonds. The van der Waals surface area contributed by atoms with Crippen molar-refractivity contribution in [2.24, 2.45) is 0 Å². The highest BCUT2D eigenvalue weighted by molar-refractivity contribution is 5.96. The van der Waals surface area contributed by atoms with E-state index >= 15 is 0 Å². The molecular formula is C60H120N4O6. The molecule has 0 radical (unpaired) electrons. The molecule has 0 bridgehead atoms. The number of nitrogens with zero attached hydrogens (tertiary/aromatic N) is 2. The minimum atomic E-state index is -0.544. The van der Waals surface area contributed by atoms with Gasteiger partial charge in [-0.25, -0.2) is 0 Å². The molecule has 0 saturated carbocycles. The Morgan fingerprint density at radius 1 is 0.329 bits per heavy atom. The summed E-state index contributed by atoms with van der Waals surface area (Å²) in [6, 6.07) is -1.09. The molecule has 0 aromatic heterocycles. The van der Waals surface area contributed by atoms with Gasteiger partial charge in [0.05, 0.1) is 24.4 Å². The number of hydrogen-bond acceptors (Lipinski definition) is 8. The van der Waals surface area contributed by atoms with E-state index < -0.39 is 36.5 Å². The van der Waals surface area contributed by atoms with Crippen LogP contribution in [0.3, 0.4) is 0 Å². The Kier molecular flexibility index (Phi) is 46.3. The van der Waals surface area contributed by atoms with Crippen LogP contribution in [0.4, 0.5) is 0 Å². The third kappa shape index (κ3) is 40.1. The normalized spacial score (nSPS) is 17.1. The lowest BCUT2D eigenvalue weighted by molar-refractivity contribution is -0.137. The molecule has 0 aromatic rings. The zero-order valence-electron chi connectivity index (χ0n) is 46.9. The van der Waals surface area contributed by atoms with Crippen molar-refractivity contribution in [3.05, 3.63) is 0 Å². The molecular weight excluding hydrogens is 873 g/mol.